The maximum atomic E-state index is 5.79. The minimum absolute atomic E-state index is 0.296. The van der Waals surface area contributed by atoms with Crippen LogP contribution in [0.15, 0.2) is 0 Å². The van der Waals surface area contributed by atoms with Crippen LogP contribution >= 0.6 is 0 Å². The van der Waals surface area contributed by atoms with Crippen LogP contribution in [0.3, 0.4) is 0 Å². The van der Waals surface area contributed by atoms with Gasteiger partial charge in [0.2, 0.25) is 0 Å². The monoisotopic (exact) mass is 216 g/mol. The summed E-state index contributed by atoms with van der Waals surface area (Å²) in [4.78, 5) is 0. The molecule has 3 heteroatoms. The van der Waals surface area contributed by atoms with Crippen molar-refractivity contribution in [2.45, 2.75) is 51.7 Å². The van der Waals surface area contributed by atoms with E-state index in [4.69, 9.17) is 14.2 Å². The molecule has 0 N–H and O–H groups in total. The summed E-state index contributed by atoms with van der Waals surface area (Å²) < 4.78 is 16.7. The molecule has 1 aliphatic rings. The van der Waals surface area contributed by atoms with E-state index >= 15 is 0 Å². The topological polar surface area (TPSA) is 27.7 Å². The summed E-state index contributed by atoms with van der Waals surface area (Å²) in [5, 5.41) is 0. The van der Waals surface area contributed by atoms with E-state index in [1.807, 2.05) is 6.92 Å². The lowest BCUT2D eigenvalue weighted by Gasteiger charge is -2.13. The van der Waals surface area contributed by atoms with Crippen LogP contribution in [-0.4, -0.2) is 38.6 Å². The fraction of sp³-hybridized carbons (Fsp3) is 1.00. The molecule has 0 radical (unpaired) electrons. The molecule has 0 aromatic carbocycles. The lowest BCUT2D eigenvalue weighted by Crippen LogP contribution is -2.20. The average Bonchev–Trinajstić information content (AvgIpc) is 2.69. The van der Waals surface area contributed by atoms with Crippen molar-refractivity contribution in [2.24, 2.45) is 0 Å². The third kappa shape index (κ3) is 5.50. The van der Waals surface area contributed by atoms with E-state index in [0.29, 0.717) is 12.2 Å². The summed E-state index contributed by atoms with van der Waals surface area (Å²) >= 11 is 0. The van der Waals surface area contributed by atoms with Crippen molar-refractivity contribution in [3.05, 3.63) is 0 Å². The first-order valence-corrected chi connectivity index (χ1v) is 6.17. The van der Waals surface area contributed by atoms with Crippen molar-refractivity contribution >= 4 is 0 Å². The zero-order valence-corrected chi connectivity index (χ0v) is 10.0. The number of hydrogen-bond acceptors (Lipinski definition) is 3. The number of ether oxygens (including phenoxy) is 3. The summed E-state index contributed by atoms with van der Waals surface area (Å²) in [5.41, 5.74) is 0. The average molecular weight is 216 g/mol. The fourth-order valence-electron chi connectivity index (χ4n) is 1.74. The predicted octanol–water partition coefficient (Wildman–Crippen LogP) is 2.39. The van der Waals surface area contributed by atoms with Crippen LogP contribution < -0.4 is 0 Å². The first-order valence-electron chi connectivity index (χ1n) is 6.17. The first-order chi connectivity index (χ1) is 7.36. The van der Waals surface area contributed by atoms with E-state index in [9.17, 15) is 0 Å². The smallest absolute Gasteiger partial charge is 0.0814 e. The zero-order valence-electron chi connectivity index (χ0n) is 10.0. The Labute approximate surface area is 93.1 Å². The fourth-order valence-corrected chi connectivity index (χ4v) is 1.74. The summed E-state index contributed by atoms with van der Waals surface area (Å²) in [7, 11) is 0. The van der Waals surface area contributed by atoms with E-state index in [2.05, 4.69) is 6.92 Å². The van der Waals surface area contributed by atoms with Crippen LogP contribution in [0.5, 0.6) is 0 Å². The molecular weight excluding hydrogens is 192 g/mol. The number of hydrogen-bond donors (Lipinski definition) is 0. The maximum absolute atomic E-state index is 5.79. The molecule has 1 rings (SSSR count). The first kappa shape index (κ1) is 12.9. The lowest BCUT2D eigenvalue weighted by atomic mass is 10.2. The molecule has 3 nitrogen and oxygen atoms in total. The largest absolute Gasteiger partial charge is 0.379 e. The van der Waals surface area contributed by atoms with Crippen LogP contribution in [0.1, 0.15) is 39.5 Å². The van der Waals surface area contributed by atoms with Gasteiger partial charge in [-0.2, -0.15) is 0 Å². The van der Waals surface area contributed by atoms with Gasteiger partial charge in [0.1, 0.15) is 0 Å². The molecule has 15 heavy (non-hydrogen) atoms. The Kier molecular flexibility index (Phi) is 6.98. The molecule has 1 saturated heterocycles. The van der Waals surface area contributed by atoms with Gasteiger partial charge in [0, 0.05) is 13.2 Å². The second-order valence-electron chi connectivity index (χ2n) is 4.05. The molecule has 0 amide bonds. The third-order valence-electron chi connectivity index (χ3n) is 2.65. The lowest BCUT2D eigenvalue weighted by molar-refractivity contribution is -0.0440. The van der Waals surface area contributed by atoms with Gasteiger partial charge in [0.25, 0.3) is 0 Å². The van der Waals surface area contributed by atoms with Gasteiger partial charge in [-0.05, 0) is 26.2 Å². The van der Waals surface area contributed by atoms with Crippen molar-refractivity contribution in [3.8, 4) is 0 Å². The van der Waals surface area contributed by atoms with E-state index in [1.165, 1.54) is 6.42 Å². The van der Waals surface area contributed by atoms with Crippen molar-refractivity contribution in [2.75, 3.05) is 26.4 Å². The van der Waals surface area contributed by atoms with Gasteiger partial charge in [-0.1, -0.05) is 13.3 Å². The number of unbranched alkanes of at least 4 members (excludes halogenated alkanes) is 1. The molecule has 2 unspecified atom stereocenters. The molecule has 0 aliphatic carbocycles. The van der Waals surface area contributed by atoms with Crippen molar-refractivity contribution in [1.82, 2.24) is 0 Å². The van der Waals surface area contributed by atoms with E-state index in [-0.39, 0.29) is 0 Å². The summed E-state index contributed by atoms with van der Waals surface area (Å²) in [6.07, 6.45) is 5.16. The molecular formula is C12H24O3. The van der Waals surface area contributed by atoms with Crippen LogP contribution in [0.4, 0.5) is 0 Å². The standard InChI is InChI=1S/C12H24O3/c1-3-5-8-14-10-12-7-6-11(15-12)9-13-4-2/h11-12H,3-10H2,1-2H3. The molecule has 0 spiro atoms. The van der Waals surface area contributed by atoms with Crippen LogP contribution in [0.25, 0.3) is 0 Å². The highest BCUT2D eigenvalue weighted by Gasteiger charge is 2.25. The van der Waals surface area contributed by atoms with Crippen LogP contribution in [-0.2, 0) is 14.2 Å². The Balaban J connectivity index is 1.98. The van der Waals surface area contributed by atoms with Crippen molar-refractivity contribution < 1.29 is 14.2 Å². The van der Waals surface area contributed by atoms with Gasteiger partial charge in [-0.3, -0.25) is 0 Å². The quantitative estimate of drug-likeness (QED) is 0.583. The molecule has 0 saturated carbocycles. The maximum Gasteiger partial charge on any atom is 0.0814 e. The van der Waals surface area contributed by atoms with E-state index in [0.717, 1.165) is 45.7 Å². The molecule has 1 heterocycles. The Hall–Kier alpha value is -0.120. The second-order valence-corrected chi connectivity index (χ2v) is 4.05. The summed E-state index contributed by atoms with van der Waals surface area (Å²) in [6, 6.07) is 0. The van der Waals surface area contributed by atoms with Gasteiger partial charge in [-0.25, -0.2) is 0 Å². The van der Waals surface area contributed by atoms with Crippen molar-refractivity contribution in [3.63, 3.8) is 0 Å². The minimum atomic E-state index is 0.296. The summed E-state index contributed by atoms with van der Waals surface area (Å²) in [5.74, 6) is 0. The third-order valence-corrected chi connectivity index (χ3v) is 2.65. The van der Waals surface area contributed by atoms with Gasteiger partial charge in [-0.15, -0.1) is 0 Å². The van der Waals surface area contributed by atoms with Gasteiger partial charge >= 0.3 is 0 Å². The molecule has 1 aliphatic heterocycles. The second kappa shape index (κ2) is 8.08. The Morgan fingerprint density at radius 3 is 2.33 bits per heavy atom. The Morgan fingerprint density at radius 2 is 1.73 bits per heavy atom. The minimum Gasteiger partial charge on any atom is -0.379 e. The molecule has 0 aromatic rings. The van der Waals surface area contributed by atoms with E-state index in [1.54, 1.807) is 0 Å². The zero-order chi connectivity index (χ0) is 10.9. The van der Waals surface area contributed by atoms with Crippen LogP contribution in [0, 0.1) is 0 Å². The van der Waals surface area contributed by atoms with Gasteiger partial charge in [0.15, 0.2) is 0 Å². The van der Waals surface area contributed by atoms with Crippen LogP contribution in [0.2, 0.25) is 0 Å². The van der Waals surface area contributed by atoms with Crippen molar-refractivity contribution in [1.29, 1.82) is 0 Å². The summed E-state index contributed by atoms with van der Waals surface area (Å²) in [6.45, 7) is 7.32. The molecule has 90 valence electrons. The Bertz CT molecular complexity index is 150. The number of rotatable bonds is 8. The van der Waals surface area contributed by atoms with E-state index < -0.39 is 0 Å². The Morgan fingerprint density at radius 1 is 1.07 bits per heavy atom. The normalized spacial score (nSPS) is 26.0. The molecule has 0 bridgehead atoms. The SMILES string of the molecule is CCCCOCC1CCC(COCC)O1. The molecule has 0 aromatic heterocycles. The molecule has 2 atom stereocenters. The highest BCUT2D eigenvalue weighted by Crippen LogP contribution is 2.20. The molecule has 1 fully saturated rings. The highest BCUT2D eigenvalue weighted by atomic mass is 16.6. The highest BCUT2D eigenvalue weighted by molar-refractivity contribution is 4.72. The van der Waals surface area contributed by atoms with Gasteiger partial charge in [0.05, 0.1) is 25.4 Å². The van der Waals surface area contributed by atoms with Gasteiger partial charge < -0.3 is 14.2 Å². The predicted molar refractivity (Wildman–Crippen MR) is 60.1 cm³/mol.